The van der Waals surface area contributed by atoms with Crippen molar-refractivity contribution in [2.45, 2.75) is 6.18 Å². The molecule has 0 amide bonds. The minimum Gasteiger partial charge on any atom is -0.475 e. The van der Waals surface area contributed by atoms with Gasteiger partial charge in [-0.05, 0) is 12.1 Å². The smallest absolute Gasteiger partial charge is 0.475 e. The molecule has 7 heteroatoms. The van der Waals surface area contributed by atoms with Crippen molar-refractivity contribution in [3.05, 3.63) is 34.3 Å². The second kappa shape index (κ2) is 5.82. The predicted molar refractivity (Wildman–Crippen MR) is 50.2 cm³/mol. The number of rotatable bonds is 0. The number of halogens is 5. The molecule has 0 bridgehead atoms. The molecule has 0 saturated heterocycles. The van der Waals surface area contributed by atoms with E-state index in [0.29, 0.717) is 10.0 Å². The van der Waals surface area contributed by atoms with Crippen molar-refractivity contribution in [2.24, 2.45) is 0 Å². The Kier molecular flexibility index (Phi) is 5.46. The van der Waals surface area contributed by atoms with Crippen LogP contribution in [0.1, 0.15) is 0 Å². The lowest BCUT2D eigenvalue weighted by atomic mass is 10.4. The van der Waals surface area contributed by atoms with E-state index in [0.717, 1.165) is 0 Å². The maximum Gasteiger partial charge on any atom is 0.490 e. The van der Waals surface area contributed by atoms with Gasteiger partial charge in [-0.25, -0.2) is 4.79 Å². The first-order valence-corrected chi connectivity index (χ1v) is 4.21. The van der Waals surface area contributed by atoms with Gasteiger partial charge in [0.2, 0.25) is 0 Å². The summed E-state index contributed by atoms with van der Waals surface area (Å²) in [6.07, 6.45) is -5.08. The third-order valence-corrected chi connectivity index (χ3v) is 1.82. The number of carboxylic acid groups (broad SMARTS) is 1. The number of hydrogen-bond donors (Lipinski definition) is 1. The molecule has 0 atom stereocenters. The van der Waals surface area contributed by atoms with Gasteiger partial charge in [-0.1, -0.05) is 35.3 Å². The van der Waals surface area contributed by atoms with E-state index in [1.165, 1.54) is 0 Å². The van der Waals surface area contributed by atoms with Gasteiger partial charge in [0.05, 0.1) is 10.0 Å². The molecule has 0 fully saturated rings. The van der Waals surface area contributed by atoms with Crippen LogP contribution in [0.3, 0.4) is 0 Å². The Morgan fingerprint density at radius 3 is 1.53 bits per heavy atom. The highest BCUT2D eigenvalue weighted by Crippen LogP contribution is 2.19. The van der Waals surface area contributed by atoms with E-state index in [1.807, 2.05) is 12.1 Å². The fourth-order valence-corrected chi connectivity index (χ4v) is 0.711. The van der Waals surface area contributed by atoms with Gasteiger partial charge in [-0.3, -0.25) is 0 Å². The predicted octanol–water partition coefficient (Wildman–Crippen LogP) is 3.63. The Morgan fingerprint density at radius 2 is 1.40 bits per heavy atom. The Balaban J connectivity index is 0.000000265. The first kappa shape index (κ1) is 14.1. The van der Waals surface area contributed by atoms with Gasteiger partial charge in [0, 0.05) is 0 Å². The van der Waals surface area contributed by atoms with Crippen LogP contribution < -0.4 is 0 Å². The molecule has 0 heterocycles. The van der Waals surface area contributed by atoms with Crippen LogP contribution in [-0.4, -0.2) is 17.3 Å². The molecule has 0 radical (unpaired) electrons. The van der Waals surface area contributed by atoms with Crippen LogP contribution in [-0.2, 0) is 4.79 Å². The second-order valence-electron chi connectivity index (χ2n) is 2.22. The van der Waals surface area contributed by atoms with Crippen molar-refractivity contribution in [2.75, 3.05) is 0 Å². The molecule has 0 aliphatic rings. The summed E-state index contributed by atoms with van der Waals surface area (Å²) in [6, 6.07) is 7.19. The van der Waals surface area contributed by atoms with Crippen molar-refractivity contribution in [3.8, 4) is 0 Å². The lowest BCUT2D eigenvalue weighted by Gasteiger charge is -1.93. The van der Waals surface area contributed by atoms with Crippen molar-refractivity contribution in [1.82, 2.24) is 0 Å². The zero-order valence-electron chi connectivity index (χ0n) is 7.05. The van der Waals surface area contributed by atoms with Gasteiger partial charge >= 0.3 is 12.1 Å². The number of carboxylic acids is 1. The molecule has 15 heavy (non-hydrogen) atoms. The molecule has 1 rings (SSSR count). The molecular formula is C8H5Cl2F3O2. The third kappa shape index (κ3) is 6.19. The lowest BCUT2D eigenvalue weighted by molar-refractivity contribution is -0.192. The minimum atomic E-state index is -5.08. The van der Waals surface area contributed by atoms with Crippen LogP contribution in [0, 0.1) is 0 Å². The second-order valence-corrected chi connectivity index (χ2v) is 3.03. The van der Waals surface area contributed by atoms with Crippen LogP contribution in [0.25, 0.3) is 0 Å². The third-order valence-electron chi connectivity index (χ3n) is 1.07. The lowest BCUT2D eigenvalue weighted by Crippen LogP contribution is -2.21. The Bertz CT molecular complexity index is 318. The fraction of sp³-hybridized carbons (Fsp3) is 0.125. The SMILES string of the molecule is Clc1ccccc1Cl.O=C(O)C(F)(F)F. The van der Waals surface area contributed by atoms with E-state index in [-0.39, 0.29) is 0 Å². The van der Waals surface area contributed by atoms with Gasteiger partial charge in [-0.2, -0.15) is 13.2 Å². The highest BCUT2D eigenvalue weighted by molar-refractivity contribution is 6.41. The number of benzene rings is 1. The van der Waals surface area contributed by atoms with Gasteiger partial charge in [0.15, 0.2) is 0 Å². The van der Waals surface area contributed by atoms with Crippen molar-refractivity contribution >= 4 is 29.2 Å². The zero-order chi connectivity index (χ0) is 12.1. The van der Waals surface area contributed by atoms with Gasteiger partial charge in [0.25, 0.3) is 0 Å². The number of alkyl halides is 3. The average molecular weight is 261 g/mol. The first-order valence-electron chi connectivity index (χ1n) is 3.45. The van der Waals surface area contributed by atoms with E-state index >= 15 is 0 Å². The van der Waals surface area contributed by atoms with Crippen molar-refractivity contribution in [1.29, 1.82) is 0 Å². The molecule has 2 nitrogen and oxygen atoms in total. The average Bonchev–Trinajstić information content (AvgIpc) is 2.09. The van der Waals surface area contributed by atoms with Crippen LogP contribution in [0.5, 0.6) is 0 Å². The van der Waals surface area contributed by atoms with E-state index in [2.05, 4.69) is 0 Å². The highest BCUT2D eigenvalue weighted by Gasteiger charge is 2.38. The maximum absolute atomic E-state index is 10.6. The molecule has 84 valence electrons. The summed E-state index contributed by atoms with van der Waals surface area (Å²) in [5, 5.41) is 8.34. The minimum absolute atomic E-state index is 0.606. The van der Waals surface area contributed by atoms with Gasteiger partial charge < -0.3 is 5.11 Å². The maximum atomic E-state index is 10.6. The van der Waals surface area contributed by atoms with Crippen molar-refractivity contribution < 1.29 is 23.1 Å². The van der Waals surface area contributed by atoms with E-state index in [9.17, 15) is 13.2 Å². The summed E-state index contributed by atoms with van der Waals surface area (Å²) in [5.74, 6) is -2.76. The Morgan fingerprint density at radius 1 is 1.13 bits per heavy atom. The molecule has 0 aliphatic carbocycles. The van der Waals surface area contributed by atoms with E-state index in [4.69, 9.17) is 33.1 Å². The number of hydrogen-bond acceptors (Lipinski definition) is 1. The molecule has 1 aromatic carbocycles. The van der Waals surface area contributed by atoms with Crippen LogP contribution in [0.15, 0.2) is 24.3 Å². The van der Waals surface area contributed by atoms with E-state index in [1.54, 1.807) is 12.1 Å². The van der Waals surface area contributed by atoms with Crippen LogP contribution in [0.4, 0.5) is 13.2 Å². The first-order chi connectivity index (χ1) is 6.75. The molecule has 0 aromatic heterocycles. The standard InChI is InChI=1S/C6H4Cl2.C2HF3O2/c7-5-3-1-2-4-6(5)8;3-2(4,5)1(6)7/h1-4H;(H,6,7). The van der Waals surface area contributed by atoms with Gasteiger partial charge in [0.1, 0.15) is 0 Å². The molecule has 0 spiro atoms. The monoisotopic (exact) mass is 260 g/mol. The molecule has 0 unspecified atom stereocenters. The molecule has 1 aromatic rings. The van der Waals surface area contributed by atoms with E-state index < -0.39 is 12.1 Å². The Labute approximate surface area is 93.2 Å². The van der Waals surface area contributed by atoms with Crippen LogP contribution >= 0.6 is 23.2 Å². The normalized spacial score (nSPS) is 10.2. The molecular weight excluding hydrogens is 256 g/mol. The topological polar surface area (TPSA) is 37.3 Å². The largest absolute Gasteiger partial charge is 0.490 e. The van der Waals surface area contributed by atoms with Crippen LogP contribution in [0.2, 0.25) is 10.0 Å². The summed E-state index contributed by atoms with van der Waals surface area (Å²) in [7, 11) is 0. The number of aliphatic carboxylic acids is 1. The molecule has 1 N–H and O–H groups in total. The summed E-state index contributed by atoms with van der Waals surface area (Å²) in [4.78, 5) is 8.90. The summed E-state index contributed by atoms with van der Waals surface area (Å²) < 4.78 is 31.7. The Hall–Kier alpha value is -0.940. The fourth-order valence-electron chi connectivity index (χ4n) is 0.439. The molecule has 0 saturated carbocycles. The summed E-state index contributed by atoms with van der Waals surface area (Å²) in [6.45, 7) is 0. The quantitative estimate of drug-likeness (QED) is 0.774. The zero-order valence-corrected chi connectivity index (χ0v) is 8.57. The summed E-state index contributed by atoms with van der Waals surface area (Å²) in [5.41, 5.74) is 0. The number of carbonyl (C=O) groups is 1. The summed E-state index contributed by atoms with van der Waals surface area (Å²) >= 11 is 11.2. The van der Waals surface area contributed by atoms with Gasteiger partial charge in [-0.15, -0.1) is 0 Å². The van der Waals surface area contributed by atoms with Crippen molar-refractivity contribution in [3.63, 3.8) is 0 Å². The molecule has 0 aliphatic heterocycles. The highest BCUT2D eigenvalue weighted by atomic mass is 35.5.